The molecule has 0 amide bonds. The zero-order valence-corrected chi connectivity index (χ0v) is 16.2. The van der Waals surface area contributed by atoms with Crippen LogP contribution in [0.25, 0.3) is 0 Å². The molecule has 4 rings (SSSR count). The number of hydrogen-bond acceptors (Lipinski definition) is 7. The van der Waals surface area contributed by atoms with Crippen LogP contribution in [0.3, 0.4) is 0 Å². The van der Waals surface area contributed by atoms with Crippen molar-refractivity contribution in [3.63, 3.8) is 0 Å². The predicted octanol–water partition coefficient (Wildman–Crippen LogP) is 1.55. The van der Waals surface area contributed by atoms with Gasteiger partial charge in [0.1, 0.15) is 4.90 Å². The minimum Gasteiger partial charge on any atom is -0.355 e. The Morgan fingerprint density at radius 3 is 2.78 bits per heavy atom. The van der Waals surface area contributed by atoms with Crippen molar-refractivity contribution in [2.24, 2.45) is 4.40 Å². The van der Waals surface area contributed by atoms with Crippen molar-refractivity contribution in [3.8, 4) is 0 Å². The summed E-state index contributed by atoms with van der Waals surface area (Å²) < 4.78 is 34.0. The lowest BCUT2D eigenvalue weighted by Crippen LogP contribution is -2.38. The van der Waals surface area contributed by atoms with Crippen molar-refractivity contribution in [2.45, 2.75) is 43.0 Å². The zero-order chi connectivity index (χ0) is 19.0. The second kappa shape index (κ2) is 7.05. The molecule has 27 heavy (non-hydrogen) atoms. The number of piperidine rings is 1. The van der Waals surface area contributed by atoms with Gasteiger partial charge in [-0.05, 0) is 38.9 Å². The van der Waals surface area contributed by atoms with Gasteiger partial charge in [0, 0.05) is 37.0 Å². The van der Waals surface area contributed by atoms with Crippen molar-refractivity contribution >= 4 is 15.9 Å². The van der Waals surface area contributed by atoms with E-state index in [2.05, 4.69) is 26.8 Å². The normalized spacial score (nSPS) is 20.4. The van der Waals surface area contributed by atoms with E-state index in [-0.39, 0.29) is 5.92 Å². The quantitative estimate of drug-likeness (QED) is 0.846. The molecule has 1 atom stereocenters. The summed E-state index contributed by atoms with van der Waals surface area (Å²) >= 11 is 0. The molecule has 144 valence electrons. The van der Waals surface area contributed by atoms with Gasteiger partial charge < -0.3 is 14.7 Å². The Morgan fingerprint density at radius 1 is 1.30 bits per heavy atom. The zero-order valence-electron chi connectivity index (χ0n) is 15.4. The molecule has 3 heterocycles. The molecule has 8 nitrogen and oxygen atoms in total. The molecule has 0 spiro atoms. The number of likely N-dealkylation sites (tertiary alicyclic amines) is 1. The number of fused-ring (bicyclic) bond motifs is 1. The molecule has 0 bridgehead atoms. The molecule has 2 aliphatic heterocycles. The third-order valence-electron chi connectivity index (χ3n) is 5.22. The first-order chi connectivity index (χ1) is 13.0. The number of rotatable bonds is 4. The maximum Gasteiger partial charge on any atom is 0.285 e. The van der Waals surface area contributed by atoms with Crippen molar-refractivity contribution in [2.75, 3.05) is 20.1 Å². The monoisotopic (exact) mass is 389 g/mol. The van der Waals surface area contributed by atoms with Crippen LogP contribution >= 0.6 is 0 Å². The summed E-state index contributed by atoms with van der Waals surface area (Å²) in [7, 11) is -1.67. The second-order valence-electron chi connectivity index (χ2n) is 7.09. The van der Waals surface area contributed by atoms with Crippen molar-refractivity contribution in [1.29, 1.82) is 0 Å². The summed E-state index contributed by atoms with van der Waals surface area (Å²) in [6.07, 6.45) is 2.37. The third-order valence-corrected chi connectivity index (χ3v) is 6.55. The van der Waals surface area contributed by atoms with Crippen LogP contribution in [0.2, 0.25) is 0 Å². The minimum atomic E-state index is -3.58. The number of likely N-dealkylation sites (N-methyl/N-ethyl adjacent to an activating group) is 1. The van der Waals surface area contributed by atoms with E-state index in [9.17, 15) is 8.42 Å². The average molecular weight is 389 g/mol. The van der Waals surface area contributed by atoms with Crippen molar-refractivity contribution in [3.05, 3.63) is 41.5 Å². The molecular weight excluding hydrogens is 366 g/mol. The molecule has 1 N–H and O–H groups in total. The van der Waals surface area contributed by atoms with Crippen molar-refractivity contribution in [1.82, 2.24) is 20.4 Å². The first kappa shape index (κ1) is 18.1. The van der Waals surface area contributed by atoms with Crippen LogP contribution in [-0.2, 0) is 16.4 Å². The fraction of sp³-hybridized carbons (Fsp3) is 0.500. The van der Waals surface area contributed by atoms with Crippen LogP contribution in [0, 0.1) is 0 Å². The summed E-state index contributed by atoms with van der Waals surface area (Å²) in [4.78, 5) is 6.88. The minimum absolute atomic E-state index is 0.196. The molecule has 2 aliphatic rings. The number of aromatic nitrogens is 2. The largest absolute Gasteiger partial charge is 0.355 e. The molecule has 0 radical (unpaired) electrons. The first-order valence-electron chi connectivity index (χ1n) is 9.17. The highest BCUT2D eigenvalue weighted by molar-refractivity contribution is 7.90. The van der Waals surface area contributed by atoms with Gasteiger partial charge in [0.2, 0.25) is 5.89 Å². The SMILES string of the molecule is CNC(C)Cc1noc(C2CCN(C3=NS(=O)(=O)c4ccccc43)CC2)n1. The van der Waals surface area contributed by atoms with Crippen LogP contribution in [0.1, 0.15) is 43.0 Å². The van der Waals surface area contributed by atoms with Gasteiger partial charge in [-0.3, -0.25) is 0 Å². The molecule has 0 saturated carbocycles. The topological polar surface area (TPSA) is 101 Å². The summed E-state index contributed by atoms with van der Waals surface area (Å²) in [6, 6.07) is 7.29. The number of hydrogen-bond donors (Lipinski definition) is 1. The smallest absolute Gasteiger partial charge is 0.285 e. The highest BCUT2D eigenvalue weighted by Crippen LogP contribution is 2.32. The molecule has 1 saturated heterocycles. The molecule has 2 aromatic rings. The maximum atomic E-state index is 12.3. The van der Waals surface area contributed by atoms with E-state index >= 15 is 0 Å². The van der Waals surface area contributed by atoms with Gasteiger partial charge in [0.05, 0.1) is 0 Å². The van der Waals surface area contributed by atoms with Gasteiger partial charge in [-0.1, -0.05) is 17.3 Å². The molecular formula is C18H23N5O3S. The van der Waals surface area contributed by atoms with Gasteiger partial charge in [0.25, 0.3) is 10.0 Å². The number of nitrogens with zero attached hydrogens (tertiary/aromatic N) is 4. The number of sulfonamides is 1. The summed E-state index contributed by atoms with van der Waals surface area (Å²) in [5.74, 6) is 2.14. The number of amidine groups is 1. The lowest BCUT2D eigenvalue weighted by atomic mass is 9.96. The van der Waals surface area contributed by atoms with Gasteiger partial charge >= 0.3 is 0 Å². The summed E-state index contributed by atoms with van der Waals surface area (Å²) in [5, 5.41) is 7.25. The first-order valence-corrected chi connectivity index (χ1v) is 10.6. The Kier molecular flexibility index (Phi) is 4.73. The second-order valence-corrected chi connectivity index (χ2v) is 8.66. The van der Waals surface area contributed by atoms with Crippen LogP contribution in [-0.4, -0.2) is 55.5 Å². The van der Waals surface area contributed by atoms with E-state index in [0.717, 1.165) is 25.1 Å². The Hall–Kier alpha value is -2.26. The lowest BCUT2D eigenvalue weighted by Gasteiger charge is -2.31. The van der Waals surface area contributed by atoms with E-state index in [1.54, 1.807) is 12.1 Å². The molecule has 9 heteroatoms. The van der Waals surface area contributed by atoms with E-state index in [4.69, 9.17) is 4.52 Å². The van der Waals surface area contributed by atoms with Crippen LogP contribution < -0.4 is 5.32 Å². The standard InChI is InChI=1S/C18H23N5O3S/c1-12(19-2)11-16-20-18(26-21-16)13-7-9-23(10-8-13)17-14-5-3-4-6-15(14)27(24,25)22-17/h3-6,12-13,19H,7-11H2,1-2H3. The predicted molar refractivity (Wildman–Crippen MR) is 100 cm³/mol. The van der Waals surface area contributed by atoms with Crippen LogP contribution in [0.5, 0.6) is 0 Å². The van der Waals surface area contributed by atoms with Crippen LogP contribution in [0.4, 0.5) is 0 Å². The Balaban J connectivity index is 1.44. The van der Waals surface area contributed by atoms with Crippen LogP contribution in [0.15, 0.2) is 38.1 Å². The van der Waals surface area contributed by atoms with E-state index in [1.807, 2.05) is 24.1 Å². The molecule has 1 aromatic carbocycles. The van der Waals surface area contributed by atoms with Gasteiger partial charge in [-0.25, -0.2) is 0 Å². The third kappa shape index (κ3) is 3.49. The van der Waals surface area contributed by atoms with Crippen molar-refractivity contribution < 1.29 is 12.9 Å². The fourth-order valence-electron chi connectivity index (χ4n) is 3.55. The summed E-state index contributed by atoms with van der Waals surface area (Å²) in [5.41, 5.74) is 0.692. The number of benzene rings is 1. The van der Waals surface area contributed by atoms with E-state index < -0.39 is 10.0 Å². The van der Waals surface area contributed by atoms with E-state index in [0.29, 0.717) is 41.3 Å². The van der Waals surface area contributed by atoms with Gasteiger partial charge in [-0.2, -0.15) is 13.4 Å². The highest BCUT2D eigenvalue weighted by Gasteiger charge is 2.34. The maximum absolute atomic E-state index is 12.3. The molecule has 1 fully saturated rings. The Bertz CT molecular complexity index is 961. The Labute approximate surface area is 158 Å². The fourth-order valence-corrected chi connectivity index (χ4v) is 4.77. The van der Waals surface area contributed by atoms with E-state index in [1.165, 1.54) is 0 Å². The average Bonchev–Trinajstić information content (AvgIpc) is 3.25. The Morgan fingerprint density at radius 2 is 2.04 bits per heavy atom. The molecule has 0 aliphatic carbocycles. The number of nitrogens with one attached hydrogen (secondary N) is 1. The molecule has 1 unspecified atom stereocenters. The lowest BCUT2D eigenvalue weighted by molar-refractivity contribution is 0.265. The molecule has 1 aromatic heterocycles. The van der Waals surface area contributed by atoms with Gasteiger partial charge in [-0.15, -0.1) is 4.40 Å². The highest BCUT2D eigenvalue weighted by atomic mass is 32.2. The summed E-state index contributed by atoms with van der Waals surface area (Å²) in [6.45, 7) is 3.48. The van der Waals surface area contributed by atoms with Gasteiger partial charge in [0.15, 0.2) is 11.7 Å².